The van der Waals surface area contributed by atoms with Gasteiger partial charge in [-0.1, -0.05) is 6.92 Å². The summed E-state index contributed by atoms with van der Waals surface area (Å²) in [6.07, 6.45) is 1.21. The summed E-state index contributed by atoms with van der Waals surface area (Å²) in [5.41, 5.74) is 0.369. The van der Waals surface area contributed by atoms with E-state index in [4.69, 9.17) is 23.7 Å². The Balaban J connectivity index is 1.57. The number of cyclic esters (lactones) is 1. The van der Waals surface area contributed by atoms with Crippen molar-refractivity contribution in [2.45, 2.75) is 57.7 Å². The fourth-order valence-electron chi connectivity index (χ4n) is 5.62. The van der Waals surface area contributed by atoms with Crippen LogP contribution in [0.5, 0.6) is 5.75 Å². The Morgan fingerprint density at radius 1 is 1.19 bits per heavy atom. The van der Waals surface area contributed by atoms with Crippen molar-refractivity contribution in [1.29, 1.82) is 0 Å². The average molecular weight is 683 g/mol. The van der Waals surface area contributed by atoms with Gasteiger partial charge in [0.2, 0.25) is 11.5 Å². The smallest absolute Gasteiger partial charge is 0.355 e. The van der Waals surface area contributed by atoms with Crippen LogP contribution in [0.25, 0.3) is 22.3 Å². The first kappa shape index (κ1) is 34.3. The Morgan fingerprint density at radius 3 is 2.56 bits per heavy atom. The molecule has 1 amide bonds. The zero-order valence-electron chi connectivity index (χ0n) is 26.9. The van der Waals surface area contributed by atoms with Gasteiger partial charge in [-0.25, -0.2) is 14.6 Å². The molecule has 0 spiro atoms. The summed E-state index contributed by atoms with van der Waals surface area (Å²) in [4.78, 5) is 69.2. The van der Waals surface area contributed by atoms with Crippen LogP contribution in [0.2, 0.25) is 0 Å². The quantitative estimate of drug-likeness (QED) is 0.131. The molecule has 0 radical (unpaired) electrons. The highest BCUT2D eigenvalue weighted by Crippen LogP contribution is 2.42. The highest BCUT2D eigenvalue weighted by Gasteiger charge is 2.50. The van der Waals surface area contributed by atoms with Crippen LogP contribution in [0.1, 0.15) is 49.4 Å². The normalized spacial score (nSPS) is 16.9. The first-order valence-electron chi connectivity index (χ1n) is 15.0. The fraction of sp³-hybridized carbons (Fsp3) is 0.375. The maximum atomic E-state index is 13.9. The summed E-state index contributed by atoms with van der Waals surface area (Å²) in [5.74, 6) is -3.96. The van der Waals surface area contributed by atoms with E-state index in [1.165, 1.54) is 18.4 Å². The Kier molecular flexibility index (Phi) is 9.16. The maximum Gasteiger partial charge on any atom is 0.355 e. The Hall–Kier alpha value is -5.09. The molecule has 3 aromatic rings. The van der Waals surface area contributed by atoms with E-state index >= 15 is 0 Å². The molecule has 0 saturated heterocycles. The van der Waals surface area contributed by atoms with Crippen molar-refractivity contribution >= 4 is 44.8 Å². The molecule has 0 unspecified atom stereocenters. The van der Waals surface area contributed by atoms with Crippen LogP contribution in [0, 0.1) is 0 Å². The monoisotopic (exact) mass is 682 g/mol. The number of carboxylic acids is 1. The van der Waals surface area contributed by atoms with Gasteiger partial charge in [0.05, 0.1) is 34.3 Å². The van der Waals surface area contributed by atoms with Crippen molar-refractivity contribution in [3.63, 3.8) is 0 Å². The number of hydrogen-bond acceptors (Lipinski definition) is 12. The molecule has 0 fully saturated rings. The average Bonchev–Trinajstić information content (AvgIpc) is 3.38. The Bertz CT molecular complexity index is 2070. The molecule has 1 atom stereocenters. The number of esters is 2. The predicted octanol–water partition coefficient (Wildman–Crippen LogP) is 1.57. The SMILES string of the molecule is CC[C@@]1(OC(=O)CNC(=O)/C=C\C(=O)O)C(=O)OCc2c1cc1n(c2=O)Cc2cc3c(CN(C)C)c(OS(=O)(=O)C(C)C)ccc3nc2-1. The van der Waals surface area contributed by atoms with Gasteiger partial charge in [-0.3, -0.25) is 14.4 Å². The third-order valence-electron chi connectivity index (χ3n) is 8.06. The lowest BCUT2D eigenvalue weighted by molar-refractivity contribution is -0.189. The lowest BCUT2D eigenvalue weighted by Crippen LogP contribution is -2.48. The van der Waals surface area contributed by atoms with E-state index in [1.54, 1.807) is 25.1 Å². The van der Waals surface area contributed by atoms with Crippen LogP contribution >= 0.6 is 0 Å². The molecule has 5 rings (SSSR count). The molecule has 4 heterocycles. The zero-order valence-corrected chi connectivity index (χ0v) is 27.7. The number of carboxylic acid groups (broad SMARTS) is 1. The van der Waals surface area contributed by atoms with Gasteiger partial charge in [-0.15, -0.1) is 0 Å². The van der Waals surface area contributed by atoms with E-state index in [9.17, 15) is 32.4 Å². The van der Waals surface area contributed by atoms with Crippen molar-refractivity contribution in [3.05, 3.63) is 69.0 Å². The summed E-state index contributed by atoms with van der Waals surface area (Å²) in [5, 5.41) is 10.7. The number of benzene rings is 1. The lowest BCUT2D eigenvalue weighted by Gasteiger charge is -2.35. The number of ether oxygens (including phenoxy) is 2. The molecule has 48 heavy (non-hydrogen) atoms. The maximum absolute atomic E-state index is 13.9. The van der Waals surface area contributed by atoms with Gasteiger partial charge in [0.1, 0.15) is 18.9 Å². The number of hydrogen-bond donors (Lipinski definition) is 2. The minimum Gasteiger partial charge on any atom is -0.478 e. The molecule has 0 saturated carbocycles. The van der Waals surface area contributed by atoms with Crippen LogP contribution in [-0.2, 0) is 64.1 Å². The largest absolute Gasteiger partial charge is 0.478 e. The van der Waals surface area contributed by atoms with Crippen LogP contribution < -0.4 is 15.1 Å². The summed E-state index contributed by atoms with van der Waals surface area (Å²) in [6.45, 7) is 4.05. The molecule has 16 heteroatoms. The molecule has 2 aromatic heterocycles. The highest BCUT2D eigenvalue weighted by molar-refractivity contribution is 7.87. The van der Waals surface area contributed by atoms with Gasteiger partial charge in [-0.05, 0) is 58.6 Å². The molecule has 0 aliphatic carbocycles. The van der Waals surface area contributed by atoms with Crippen LogP contribution in [0.4, 0.5) is 0 Å². The van der Waals surface area contributed by atoms with Gasteiger partial charge < -0.3 is 33.5 Å². The third kappa shape index (κ3) is 6.27. The van der Waals surface area contributed by atoms with E-state index in [2.05, 4.69) is 5.32 Å². The first-order valence-corrected chi connectivity index (χ1v) is 16.4. The van der Waals surface area contributed by atoms with Crippen LogP contribution in [-0.4, -0.2) is 77.7 Å². The molecular formula is C32H34N4O11S. The lowest BCUT2D eigenvalue weighted by atomic mass is 9.85. The summed E-state index contributed by atoms with van der Waals surface area (Å²) >= 11 is 0. The molecule has 1 aromatic carbocycles. The predicted molar refractivity (Wildman–Crippen MR) is 170 cm³/mol. The van der Waals surface area contributed by atoms with Gasteiger partial charge >= 0.3 is 28.0 Å². The number of nitrogens with zero attached hydrogens (tertiary/aromatic N) is 3. The standard InChI is InChI=1S/C32H34N4O11S/c1-6-32(46-28(40)13-33-26(37)9-10-27(38)39)22-12-24-29-18(14-36(24)30(41)21(22)16-45-31(32)42)11-19-20(15-35(4)5)25(8-7-23(19)34-29)47-48(43,44)17(2)3/h7-12,17H,6,13-16H2,1-5H3,(H,33,37)(H,38,39)/b10-9-/t32-/m0/s1. The first-order chi connectivity index (χ1) is 22.6. The number of aliphatic carboxylic acids is 1. The van der Waals surface area contributed by atoms with E-state index in [0.29, 0.717) is 46.0 Å². The number of fused-ring (bicyclic) bond motifs is 5. The van der Waals surface area contributed by atoms with Crippen molar-refractivity contribution in [2.24, 2.45) is 0 Å². The summed E-state index contributed by atoms with van der Waals surface area (Å²) in [7, 11) is -0.225. The number of rotatable bonds is 11. The zero-order chi connectivity index (χ0) is 35.1. The molecule has 2 aliphatic heterocycles. The second-order valence-electron chi connectivity index (χ2n) is 11.9. The number of aromatic nitrogens is 2. The Labute approximate surface area is 275 Å². The molecule has 2 N–H and O–H groups in total. The van der Waals surface area contributed by atoms with Gasteiger partial charge in [0.15, 0.2) is 0 Å². The van der Waals surface area contributed by atoms with Crippen molar-refractivity contribution in [2.75, 3.05) is 20.6 Å². The molecule has 2 aliphatic rings. The van der Waals surface area contributed by atoms with Gasteiger partial charge in [0.25, 0.3) is 5.56 Å². The number of pyridine rings is 2. The number of nitrogens with one attached hydrogen (secondary N) is 1. The second kappa shape index (κ2) is 12.8. The third-order valence-corrected chi connectivity index (χ3v) is 9.62. The van der Waals surface area contributed by atoms with Crippen LogP contribution in [0.3, 0.4) is 0 Å². The van der Waals surface area contributed by atoms with E-state index in [-0.39, 0.29) is 36.4 Å². The van der Waals surface area contributed by atoms with E-state index in [0.717, 1.165) is 6.08 Å². The van der Waals surface area contributed by atoms with E-state index < -0.39 is 56.9 Å². The van der Waals surface area contributed by atoms with Crippen molar-refractivity contribution in [1.82, 2.24) is 19.8 Å². The second-order valence-corrected chi connectivity index (χ2v) is 14.0. The molecule has 0 bridgehead atoms. The summed E-state index contributed by atoms with van der Waals surface area (Å²) in [6, 6.07) is 6.60. The van der Waals surface area contributed by atoms with Crippen molar-refractivity contribution in [3.8, 4) is 17.1 Å². The van der Waals surface area contributed by atoms with E-state index in [1.807, 2.05) is 25.1 Å². The summed E-state index contributed by atoms with van der Waals surface area (Å²) < 4.78 is 43.3. The Morgan fingerprint density at radius 2 is 1.92 bits per heavy atom. The minimum absolute atomic E-state index is 0.103. The fourth-order valence-corrected chi connectivity index (χ4v) is 6.22. The van der Waals surface area contributed by atoms with Gasteiger partial charge in [0, 0.05) is 40.8 Å². The van der Waals surface area contributed by atoms with Crippen LogP contribution in [0.15, 0.2) is 41.2 Å². The number of carbonyl (C=O) groups is 4. The molecule has 254 valence electrons. The van der Waals surface area contributed by atoms with Crippen molar-refractivity contribution < 1.29 is 46.4 Å². The minimum atomic E-state index is -3.89. The number of amides is 1. The molecular weight excluding hydrogens is 648 g/mol. The van der Waals surface area contributed by atoms with Gasteiger partial charge in [-0.2, -0.15) is 8.42 Å². The highest BCUT2D eigenvalue weighted by atomic mass is 32.2. The molecule has 15 nitrogen and oxygen atoms in total. The topological polar surface area (TPSA) is 200 Å². The number of carbonyl (C=O) groups excluding carboxylic acids is 3.